The standard InChI is InChI=1S/C12H12BNO4/c1-3-17-11(16)12(2)10(15)14-8-6-7(13)4-5-9(8)18-12/h4-6H,3H2,1-2H3,(H,14,15). The molecular formula is C12H12BNO4. The Hall–Kier alpha value is -1.98. The van der Waals surface area contributed by atoms with E-state index in [1.165, 1.54) is 6.92 Å². The fraction of sp³-hybridized carbons (Fsp3) is 0.333. The number of hydrogen-bond donors (Lipinski definition) is 1. The van der Waals surface area contributed by atoms with E-state index in [2.05, 4.69) is 5.32 Å². The zero-order valence-electron chi connectivity index (χ0n) is 10.1. The summed E-state index contributed by atoms with van der Waals surface area (Å²) in [7, 11) is 5.60. The number of carbonyl (C=O) groups is 2. The number of esters is 1. The molecule has 2 rings (SSSR count). The summed E-state index contributed by atoms with van der Waals surface area (Å²) >= 11 is 0. The molecule has 1 aromatic carbocycles. The second-order valence-corrected chi connectivity index (χ2v) is 4.07. The first-order valence-corrected chi connectivity index (χ1v) is 5.54. The Bertz CT molecular complexity index is 517. The molecule has 6 heteroatoms. The third kappa shape index (κ3) is 1.94. The SMILES string of the molecule is [B]c1ccc2c(c1)NC(=O)C(C)(C(=O)OCC)O2. The monoisotopic (exact) mass is 245 g/mol. The van der Waals surface area contributed by atoms with Gasteiger partial charge in [0.2, 0.25) is 0 Å². The normalized spacial score (nSPS) is 21.6. The van der Waals surface area contributed by atoms with Crippen molar-refractivity contribution in [3.63, 3.8) is 0 Å². The molecule has 0 bridgehead atoms. The molecule has 1 amide bonds. The molecule has 0 fully saturated rings. The van der Waals surface area contributed by atoms with Crippen LogP contribution in [0.3, 0.4) is 0 Å². The van der Waals surface area contributed by atoms with Gasteiger partial charge in [0, 0.05) is 0 Å². The number of rotatable bonds is 2. The van der Waals surface area contributed by atoms with Crippen molar-refractivity contribution in [3.05, 3.63) is 18.2 Å². The van der Waals surface area contributed by atoms with Gasteiger partial charge in [0.1, 0.15) is 13.6 Å². The lowest BCUT2D eigenvalue weighted by Crippen LogP contribution is -2.55. The second-order valence-electron chi connectivity index (χ2n) is 4.07. The molecule has 1 aliphatic rings. The van der Waals surface area contributed by atoms with E-state index in [4.69, 9.17) is 17.3 Å². The van der Waals surface area contributed by atoms with Crippen molar-refractivity contribution in [2.24, 2.45) is 0 Å². The molecule has 1 atom stereocenters. The summed E-state index contributed by atoms with van der Waals surface area (Å²) in [4.78, 5) is 23.7. The minimum atomic E-state index is -1.67. The topological polar surface area (TPSA) is 64.6 Å². The van der Waals surface area contributed by atoms with Gasteiger partial charge in [0.15, 0.2) is 0 Å². The van der Waals surface area contributed by atoms with Gasteiger partial charge in [-0.1, -0.05) is 11.5 Å². The van der Waals surface area contributed by atoms with Crippen LogP contribution in [-0.2, 0) is 14.3 Å². The highest BCUT2D eigenvalue weighted by molar-refractivity contribution is 6.33. The summed E-state index contributed by atoms with van der Waals surface area (Å²) in [5, 5.41) is 2.59. The molecule has 1 aliphatic heterocycles. The Labute approximate surface area is 106 Å². The van der Waals surface area contributed by atoms with E-state index in [-0.39, 0.29) is 6.61 Å². The van der Waals surface area contributed by atoms with E-state index >= 15 is 0 Å². The molecule has 0 spiro atoms. The molecule has 1 aromatic rings. The average Bonchev–Trinajstić information content (AvgIpc) is 2.31. The van der Waals surface area contributed by atoms with Crippen molar-refractivity contribution in [1.82, 2.24) is 0 Å². The minimum Gasteiger partial charge on any atom is -0.464 e. The summed E-state index contributed by atoms with van der Waals surface area (Å²) in [5.41, 5.74) is -0.724. The molecule has 1 N–H and O–H groups in total. The van der Waals surface area contributed by atoms with Gasteiger partial charge in [-0.25, -0.2) is 4.79 Å². The molecule has 92 valence electrons. The number of anilines is 1. The molecule has 0 saturated carbocycles. The van der Waals surface area contributed by atoms with Gasteiger partial charge < -0.3 is 14.8 Å². The molecule has 1 heterocycles. The third-order valence-electron chi connectivity index (χ3n) is 2.66. The Morgan fingerprint density at radius 1 is 1.56 bits per heavy atom. The lowest BCUT2D eigenvalue weighted by Gasteiger charge is -2.32. The third-order valence-corrected chi connectivity index (χ3v) is 2.66. The molecule has 1 unspecified atom stereocenters. The van der Waals surface area contributed by atoms with Crippen molar-refractivity contribution < 1.29 is 19.1 Å². The van der Waals surface area contributed by atoms with Gasteiger partial charge in [0.25, 0.3) is 11.5 Å². The van der Waals surface area contributed by atoms with Gasteiger partial charge in [0.05, 0.1) is 12.3 Å². The maximum Gasteiger partial charge on any atom is 0.360 e. The quantitative estimate of drug-likeness (QED) is 0.457. The van der Waals surface area contributed by atoms with Crippen LogP contribution in [0.4, 0.5) is 5.69 Å². The van der Waals surface area contributed by atoms with Crippen molar-refractivity contribution >= 4 is 30.9 Å². The summed E-state index contributed by atoms with van der Waals surface area (Å²) in [5.74, 6) is -0.900. The van der Waals surface area contributed by atoms with E-state index < -0.39 is 17.5 Å². The van der Waals surface area contributed by atoms with Crippen LogP contribution in [0.5, 0.6) is 5.75 Å². The predicted molar refractivity (Wildman–Crippen MR) is 66.1 cm³/mol. The number of nitrogens with one attached hydrogen (secondary N) is 1. The largest absolute Gasteiger partial charge is 0.464 e. The van der Waals surface area contributed by atoms with Crippen LogP contribution in [0.15, 0.2) is 18.2 Å². The zero-order valence-corrected chi connectivity index (χ0v) is 10.1. The first kappa shape index (κ1) is 12.5. The Morgan fingerprint density at radius 2 is 2.28 bits per heavy atom. The zero-order chi connectivity index (χ0) is 13.3. The Kier molecular flexibility index (Phi) is 3.03. The lowest BCUT2D eigenvalue weighted by molar-refractivity contribution is -0.164. The molecule has 0 aliphatic carbocycles. The predicted octanol–water partition coefficient (Wildman–Crippen LogP) is 0.133. The van der Waals surface area contributed by atoms with E-state index in [0.29, 0.717) is 16.9 Å². The van der Waals surface area contributed by atoms with Gasteiger partial charge in [-0.3, -0.25) is 4.79 Å². The van der Waals surface area contributed by atoms with Gasteiger partial charge in [-0.15, -0.1) is 0 Å². The van der Waals surface area contributed by atoms with Crippen LogP contribution in [0, 0.1) is 0 Å². The highest BCUT2D eigenvalue weighted by atomic mass is 16.6. The van der Waals surface area contributed by atoms with E-state index in [0.717, 1.165) is 0 Å². The molecule has 0 aromatic heterocycles. The summed E-state index contributed by atoms with van der Waals surface area (Å²) in [6.07, 6.45) is 0. The van der Waals surface area contributed by atoms with Crippen LogP contribution in [0.25, 0.3) is 0 Å². The van der Waals surface area contributed by atoms with Crippen LogP contribution in [-0.4, -0.2) is 31.9 Å². The number of fused-ring (bicyclic) bond motifs is 1. The van der Waals surface area contributed by atoms with Crippen molar-refractivity contribution in [2.75, 3.05) is 11.9 Å². The maximum atomic E-state index is 11.9. The second kappa shape index (κ2) is 4.36. The fourth-order valence-electron chi connectivity index (χ4n) is 1.65. The number of hydrogen-bond acceptors (Lipinski definition) is 4. The molecule has 2 radical (unpaired) electrons. The van der Waals surface area contributed by atoms with Crippen molar-refractivity contribution in [3.8, 4) is 5.75 Å². The number of carbonyl (C=O) groups excluding carboxylic acids is 2. The Balaban J connectivity index is 2.36. The number of benzene rings is 1. The number of ether oxygens (including phenoxy) is 2. The van der Waals surface area contributed by atoms with E-state index in [1.807, 2.05) is 0 Å². The van der Waals surface area contributed by atoms with Gasteiger partial charge >= 0.3 is 5.97 Å². The summed E-state index contributed by atoms with van der Waals surface area (Å²) < 4.78 is 10.3. The van der Waals surface area contributed by atoms with Gasteiger partial charge in [-0.2, -0.15) is 0 Å². The van der Waals surface area contributed by atoms with Crippen molar-refractivity contribution in [1.29, 1.82) is 0 Å². The summed E-state index contributed by atoms with van der Waals surface area (Å²) in [6.45, 7) is 3.22. The van der Waals surface area contributed by atoms with E-state index in [9.17, 15) is 9.59 Å². The van der Waals surface area contributed by atoms with Crippen LogP contribution < -0.4 is 15.5 Å². The lowest BCUT2D eigenvalue weighted by atomic mass is 9.94. The van der Waals surface area contributed by atoms with E-state index in [1.54, 1.807) is 25.1 Å². The van der Waals surface area contributed by atoms with Crippen LogP contribution in [0.1, 0.15) is 13.8 Å². The molecule has 0 saturated heterocycles. The average molecular weight is 245 g/mol. The van der Waals surface area contributed by atoms with Crippen molar-refractivity contribution in [2.45, 2.75) is 19.4 Å². The molecule has 18 heavy (non-hydrogen) atoms. The van der Waals surface area contributed by atoms with Crippen LogP contribution >= 0.6 is 0 Å². The minimum absolute atomic E-state index is 0.180. The fourth-order valence-corrected chi connectivity index (χ4v) is 1.65. The Morgan fingerprint density at radius 3 is 2.94 bits per heavy atom. The van der Waals surface area contributed by atoms with Crippen LogP contribution in [0.2, 0.25) is 0 Å². The highest BCUT2D eigenvalue weighted by Gasteiger charge is 2.48. The first-order valence-electron chi connectivity index (χ1n) is 5.54. The highest BCUT2D eigenvalue weighted by Crippen LogP contribution is 2.33. The smallest absolute Gasteiger partial charge is 0.360 e. The summed E-state index contributed by atoms with van der Waals surface area (Å²) in [6, 6.07) is 4.79. The van der Waals surface area contributed by atoms with Gasteiger partial charge in [-0.05, 0) is 26.0 Å². The first-order chi connectivity index (χ1) is 8.47. The molecule has 5 nitrogen and oxygen atoms in total. The number of amides is 1. The molecular weight excluding hydrogens is 233 g/mol. The maximum absolute atomic E-state index is 11.9.